The lowest BCUT2D eigenvalue weighted by molar-refractivity contribution is -0.112. The molecule has 0 aliphatic rings. The van der Waals surface area contributed by atoms with E-state index in [1.54, 1.807) is 25.2 Å². The van der Waals surface area contributed by atoms with Gasteiger partial charge in [-0.05, 0) is 49.6 Å². The van der Waals surface area contributed by atoms with Crippen molar-refractivity contribution in [2.45, 2.75) is 38.8 Å². The molecule has 1 aromatic carbocycles. The quantitative estimate of drug-likeness (QED) is 0.200. The fraction of sp³-hybridized carbons (Fsp3) is 0.350. The molecule has 136 valence electrons. The van der Waals surface area contributed by atoms with E-state index in [0.717, 1.165) is 12.0 Å². The first-order valence-electron chi connectivity index (χ1n) is 8.35. The molecular weight excluding hydrogens is 353 g/mol. The van der Waals surface area contributed by atoms with Gasteiger partial charge in [-0.2, -0.15) is 0 Å². The Bertz CT molecular complexity index is 678. The molecule has 2 unspecified atom stereocenters. The van der Waals surface area contributed by atoms with Crippen LogP contribution in [0.5, 0.6) is 0 Å². The van der Waals surface area contributed by atoms with Crippen LogP contribution in [0.15, 0.2) is 59.9 Å². The third-order valence-corrected chi connectivity index (χ3v) is 4.88. The number of aliphatic hydroxyl groups is 1. The van der Waals surface area contributed by atoms with E-state index in [9.17, 15) is 9.90 Å². The van der Waals surface area contributed by atoms with Crippen LogP contribution >= 0.6 is 20.8 Å². The minimum absolute atomic E-state index is 0.0465. The molecule has 0 bridgehead atoms. The predicted octanol–water partition coefficient (Wildman–Crippen LogP) is 5.70. The summed E-state index contributed by atoms with van der Waals surface area (Å²) >= 11 is 5.62. The fourth-order valence-corrected chi connectivity index (χ4v) is 2.45. The molecule has 2 atom stereocenters. The maximum atomic E-state index is 12.6. The number of rotatable bonds is 8. The van der Waals surface area contributed by atoms with Crippen LogP contribution in [0.4, 0.5) is 5.69 Å². The molecule has 0 aliphatic heterocycles. The molecule has 25 heavy (non-hydrogen) atoms. The van der Waals surface area contributed by atoms with E-state index in [-0.39, 0.29) is 22.4 Å². The molecule has 0 fully saturated rings. The zero-order valence-electron chi connectivity index (χ0n) is 15.1. The number of carbonyl (C=O) groups excluding carboxylic acids is 1. The van der Waals surface area contributed by atoms with E-state index < -0.39 is 0 Å². The number of hydrogen-bond donors (Lipinski definition) is 2. The van der Waals surface area contributed by atoms with Crippen molar-refractivity contribution in [2.75, 3.05) is 11.2 Å². The molecule has 1 aromatic rings. The number of halogens is 1. The Morgan fingerprint density at radius 2 is 2.12 bits per heavy atom. The number of benzene rings is 1. The van der Waals surface area contributed by atoms with Gasteiger partial charge >= 0.3 is 0 Å². The molecule has 0 spiro atoms. The molecule has 1 amide bonds. The predicted molar refractivity (Wildman–Crippen MR) is 111 cm³/mol. The van der Waals surface area contributed by atoms with E-state index in [4.69, 9.17) is 11.6 Å². The van der Waals surface area contributed by atoms with E-state index in [1.807, 2.05) is 24.3 Å². The number of amides is 1. The van der Waals surface area contributed by atoms with Crippen LogP contribution in [-0.2, 0) is 9.95 Å². The van der Waals surface area contributed by atoms with Gasteiger partial charge in [-0.3, -0.25) is 4.79 Å². The second-order valence-electron chi connectivity index (χ2n) is 5.98. The zero-order chi connectivity index (χ0) is 18.9. The van der Waals surface area contributed by atoms with Gasteiger partial charge in [-0.15, -0.1) is 20.8 Å². The average molecular weight is 380 g/mol. The van der Waals surface area contributed by atoms with Gasteiger partial charge in [-0.25, -0.2) is 0 Å². The van der Waals surface area contributed by atoms with E-state index >= 15 is 0 Å². The number of anilines is 1. The van der Waals surface area contributed by atoms with Crippen molar-refractivity contribution in [3.63, 3.8) is 0 Å². The summed E-state index contributed by atoms with van der Waals surface area (Å²) in [5.74, 6) is 0.0268. The highest BCUT2D eigenvalue weighted by Gasteiger charge is 2.19. The zero-order valence-corrected chi connectivity index (χ0v) is 17.0. The highest BCUT2D eigenvalue weighted by molar-refractivity contribution is 7.18. The minimum atomic E-state index is -0.356. The van der Waals surface area contributed by atoms with Gasteiger partial charge in [0, 0.05) is 16.7 Å². The van der Waals surface area contributed by atoms with Gasteiger partial charge in [0.25, 0.3) is 5.91 Å². The van der Waals surface area contributed by atoms with Gasteiger partial charge < -0.3 is 10.4 Å². The first-order valence-corrected chi connectivity index (χ1v) is 9.46. The van der Waals surface area contributed by atoms with Crippen molar-refractivity contribution >= 4 is 32.4 Å². The number of alkyl halides is 1. The van der Waals surface area contributed by atoms with Crippen LogP contribution < -0.4 is 5.32 Å². The molecule has 0 aliphatic carbocycles. The lowest BCUT2D eigenvalue weighted by Gasteiger charge is -2.23. The maximum Gasteiger partial charge on any atom is 0.259 e. The van der Waals surface area contributed by atoms with Crippen molar-refractivity contribution in [2.24, 2.45) is 0 Å². The van der Waals surface area contributed by atoms with Gasteiger partial charge in [0.15, 0.2) is 0 Å². The molecule has 2 N–H and O–H groups in total. The number of hydrogen-bond acceptors (Lipinski definition) is 2. The normalized spacial score (nSPS) is 15.2. The number of allylic oxidation sites excluding steroid dienone is 3. The summed E-state index contributed by atoms with van der Waals surface area (Å²) in [6.07, 6.45) is 8.14. The molecule has 0 aromatic heterocycles. The van der Waals surface area contributed by atoms with E-state index in [1.165, 1.54) is 6.08 Å². The van der Waals surface area contributed by atoms with Crippen molar-refractivity contribution in [3.8, 4) is 0 Å². The lowest BCUT2D eigenvalue weighted by atomic mass is 9.97. The van der Waals surface area contributed by atoms with Crippen LogP contribution in [0.1, 0.15) is 39.2 Å². The molecule has 0 heterocycles. The second kappa shape index (κ2) is 10.4. The fourth-order valence-electron chi connectivity index (χ4n) is 2.15. The first kappa shape index (κ1) is 21.5. The average Bonchev–Trinajstić information content (AvgIpc) is 2.59. The summed E-state index contributed by atoms with van der Waals surface area (Å²) in [5, 5.41) is 13.0. The Kier molecular flexibility index (Phi) is 8.96. The minimum Gasteiger partial charge on any atom is -0.507 e. The van der Waals surface area contributed by atoms with Crippen molar-refractivity contribution in [3.05, 3.63) is 65.5 Å². The summed E-state index contributed by atoms with van der Waals surface area (Å²) < 4.78 is 0. The van der Waals surface area contributed by atoms with E-state index in [0.29, 0.717) is 18.0 Å². The van der Waals surface area contributed by atoms with Gasteiger partial charge in [0.2, 0.25) is 0 Å². The van der Waals surface area contributed by atoms with Crippen LogP contribution in [-0.4, -0.2) is 16.9 Å². The summed E-state index contributed by atoms with van der Waals surface area (Å²) in [7, 11) is 2.86. The van der Waals surface area contributed by atoms with Gasteiger partial charge in [-0.1, -0.05) is 38.1 Å². The third kappa shape index (κ3) is 6.68. The summed E-state index contributed by atoms with van der Waals surface area (Å²) in [6.45, 7) is 6.05. The maximum absolute atomic E-state index is 12.6. The number of aliphatic hydroxyl groups excluding tert-OH is 1. The molecular formula is C20H27ClNO2P. The SMILES string of the molecule is C\C=C/C(C(=O)Nc1cccc(C(C)(P)CC)c1)=C(O)\C=C/CCCl. The Morgan fingerprint density at radius 3 is 2.72 bits per heavy atom. The molecule has 3 nitrogen and oxygen atoms in total. The van der Waals surface area contributed by atoms with Gasteiger partial charge in [0.05, 0.1) is 5.57 Å². The second-order valence-corrected chi connectivity index (χ2v) is 7.64. The van der Waals surface area contributed by atoms with Crippen molar-refractivity contribution in [1.29, 1.82) is 0 Å². The highest BCUT2D eigenvalue weighted by Crippen LogP contribution is 2.35. The summed E-state index contributed by atoms with van der Waals surface area (Å²) in [4.78, 5) is 12.6. The molecule has 0 radical (unpaired) electrons. The van der Waals surface area contributed by atoms with E-state index in [2.05, 4.69) is 28.4 Å². The van der Waals surface area contributed by atoms with Crippen LogP contribution in [0.3, 0.4) is 0 Å². The molecule has 1 rings (SSSR count). The smallest absolute Gasteiger partial charge is 0.259 e. The largest absolute Gasteiger partial charge is 0.507 e. The Morgan fingerprint density at radius 1 is 1.40 bits per heavy atom. The third-order valence-electron chi connectivity index (χ3n) is 3.92. The summed E-state index contributed by atoms with van der Waals surface area (Å²) in [6, 6.07) is 7.76. The van der Waals surface area contributed by atoms with Crippen LogP contribution in [0.25, 0.3) is 0 Å². The Labute approximate surface area is 158 Å². The Hall–Kier alpha value is -1.57. The van der Waals surface area contributed by atoms with Crippen molar-refractivity contribution < 1.29 is 9.90 Å². The standard InChI is InChI=1S/C20H27ClNO2P/c1-4-9-17(18(23)12-6-7-13-21)19(24)22-16-11-8-10-15(14-16)20(3,25)5-2/h4,6,8-12,14,23H,5,7,13,25H2,1-3H3,(H,22,24)/b9-4-,12-6-,18-17-. The monoisotopic (exact) mass is 379 g/mol. The van der Waals surface area contributed by atoms with Crippen LogP contribution in [0.2, 0.25) is 0 Å². The highest BCUT2D eigenvalue weighted by atomic mass is 35.5. The Balaban J connectivity index is 3.06. The molecule has 0 saturated carbocycles. The first-order chi connectivity index (χ1) is 11.9. The lowest BCUT2D eigenvalue weighted by Crippen LogP contribution is -2.16. The van der Waals surface area contributed by atoms with Gasteiger partial charge in [0.1, 0.15) is 5.76 Å². The topological polar surface area (TPSA) is 49.3 Å². The molecule has 0 saturated heterocycles. The number of nitrogens with one attached hydrogen (secondary N) is 1. The van der Waals surface area contributed by atoms with Crippen molar-refractivity contribution in [1.82, 2.24) is 0 Å². The summed E-state index contributed by atoms with van der Waals surface area (Å²) in [5.41, 5.74) is 2.03. The molecule has 5 heteroatoms. The number of carbonyl (C=O) groups is 1. The van der Waals surface area contributed by atoms with Crippen LogP contribution in [0, 0.1) is 0 Å².